The Hall–Kier alpha value is -1.30. The quantitative estimate of drug-likeness (QED) is 0.622. The predicted molar refractivity (Wildman–Crippen MR) is 73.7 cm³/mol. The van der Waals surface area contributed by atoms with E-state index >= 15 is 0 Å². The van der Waals surface area contributed by atoms with Crippen molar-refractivity contribution in [3.8, 4) is 0 Å². The van der Waals surface area contributed by atoms with Gasteiger partial charge in [-0.25, -0.2) is 0 Å². The largest absolute Gasteiger partial charge is 0.0912 e. The minimum atomic E-state index is 1.09. The summed E-state index contributed by atoms with van der Waals surface area (Å²) in [5.74, 6) is 0. The maximum absolute atomic E-state index is 4.17. The molecule has 0 aliphatic heterocycles. The van der Waals surface area contributed by atoms with Gasteiger partial charge >= 0.3 is 0 Å². The fourth-order valence-electron chi connectivity index (χ4n) is 1.78. The van der Waals surface area contributed by atoms with Crippen LogP contribution in [0, 0.1) is 20.8 Å². The molecule has 0 unspecified atom stereocenters. The van der Waals surface area contributed by atoms with E-state index in [0.717, 1.165) is 12.0 Å². The minimum absolute atomic E-state index is 1.09. The van der Waals surface area contributed by atoms with Crippen molar-refractivity contribution in [2.45, 2.75) is 41.0 Å². The highest BCUT2D eigenvalue weighted by molar-refractivity contribution is 5.75. The zero-order valence-corrected chi connectivity index (χ0v) is 11.1. The highest BCUT2D eigenvalue weighted by atomic mass is 14.1. The summed E-state index contributed by atoms with van der Waals surface area (Å²) in [5, 5.41) is 0. The summed E-state index contributed by atoms with van der Waals surface area (Å²) in [7, 11) is 0. The van der Waals surface area contributed by atoms with Crippen molar-refractivity contribution in [1.82, 2.24) is 0 Å². The molecular weight excluding hydrogens is 192 g/mol. The zero-order valence-electron chi connectivity index (χ0n) is 11.1. The van der Waals surface area contributed by atoms with Gasteiger partial charge in [0.15, 0.2) is 0 Å². The molecule has 0 aliphatic rings. The molecule has 16 heavy (non-hydrogen) atoms. The zero-order chi connectivity index (χ0) is 12.3. The van der Waals surface area contributed by atoms with Crippen molar-refractivity contribution in [2.75, 3.05) is 0 Å². The summed E-state index contributed by atoms with van der Waals surface area (Å²) in [5.41, 5.74) is 7.86. The van der Waals surface area contributed by atoms with Gasteiger partial charge < -0.3 is 0 Å². The lowest BCUT2D eigenvalue weighted by Gasteiger charge is -2.12. The summed E-state index contributed by atoms with van der Waals surface area (Å²) < 4.78 is 0. The molecule has 0 fully saturated rings. The Labute approximate surface area is 99.7 Å². The first kappa shape index (κ1) is 12.8. The Balaban J connectivity index is 3.16. The Kier molecular flexibility index (Phi) is 4.12. The van der Waals surface area contributed by atoms with Crippen molar-refractivity contribution in [3.63, 3.8) is 0 Å². The number of aryl methyl sites for hydroxylation is 1. The van der Waals surface area contributed by atoms with Crippen LogP contribution < -0.4 is 0 Å². The number of allylic oxidation sites excluding steroid dienone is 3. The van der Waals surface area contributed by atoms with Crippen LogP contribution in [0.4, 0.5) is 0 Å². The van der Waals surface area contributed by atoms with Crippen molar-refractivity contribution < 1.29 is 0 Å². The normalized spacial score (nSPS) is 11.7. The number of rotatable bonds is 3. The van der Waals surface area contributed by atoms with Crippen molar-refractivity contribution in [1.29, 1.82) is 0 Å². The van der Waals surface area contributed by atoms with Gasteiger partial charge in [-0.05, 0) is 61.9 Å². The summed E-state index contributed by atoms with van der Waals surface area (Å²) in [4.78, 5) is 0. The van der Waals surface area contributed by atoms with Gasteiger partial charge in [-0.3, -0.25) is 0 Å². The monoisotopic (exact) mass is 214 g/mol. The lowest BCUT2D eigenvalue weighted by atomic mass is 9.94. The molecule has 1 rings (SSSR count). The van der Waals surface area contributed by atoms with Gasteiger partial charge in [0.2, 0.25) is 0 Å². The Morgan fingerprint density at radius 2 is 1.81 bits per heavy atom. The van der Waals surface area contributed by atoms with Gasteiger partial charge in [-0.1, -0.05) is 37.3 Å². The molecule has 0 heterocycles. The maximum Gasteiger partial charge on any atom is -0.0158 e. The number of hydrogen-bond acceptors (Lipinski definition) is 0. The van der Waals surface area contributed by atoms with Gasteiger partial charge in [-0.15, -0.1) is 0 Å². The molecule has 0 atom stereocenters. The number of hydrogen-bond donors (Lipinski definition) is 0. The topological polar surface area (TPSA) is 0 Å². The highest BCUT2D eigenvalue weighted by Crippen LogP contribution is 2.24. The standard InChI is InChI=1S/C16H22/c1-7-11(2)10-13(4)16-9-8-12(3)14(5)15(16)6/h8-10H,4,7H2,1-3,5-6H3/b11-10+. The molecule has 0 aromatic heterocycles. The van der Waals surface area contributed by atoms with Gasteiger partial charge in [0, 0.05) is 0 Å². The molecule has 0 amide bonds. The van der Waals surface area contributed by atoms with Crippen LogP contribution in [0.15, 0.2) is 30.4 Å². The molecular formula is C16H22. The van der Waals surface area contributed by atoms with E-state index < -0.39 is 0 Å². The lowest BCUT2D eigenvalue weighted by molar-refractivity contribution is 1.10. The van der Waals surface area contributed by atoms with E-state index in [1.54, 1.807) is 0 Å². The molecule has 86 valence electrons. The van der Waals surface area contributed by atoms with E-state index in [1.165, 1.54) is 27.8 Å². The van der Waals surface area contributed by atoms with Gasteiger partial charge in [-0.2, -0.15) is 0 Å². The molecule has 0 nitrogen and oxygen atoms in total. The minimum Gasteiger partial charge on any atom is -0.0912 e. The molecule has 1 aromatic rings. The fraction of sp³-hybridized carbons (Fsp3) is 0.375. The smallest absolute Gasteiger partial charge is 0.0158 e. The first-order valence-corrected chi connectivity index (χ1v) is 5.90. The molecule has 1 aromatic carbocycles. The van der Waals surface area contributed by atoms with Gasteiger partial charge in [0.1, 0.15) is 0 Å². The molecule has 0 spiro atoms. The second kappa shape index (κ2) is 5.16. The third-order valence-electron chi connectivity index (χ3n) is 3.38. The maximum atomic E-state index is 4.17. The van der Waals surface area contributed by atoms with Crippen molar-refractivity contribution in [2.24, 2.45) is 0 Å². The van der Waals surface area contributed by atoms with E-state index in [2.05, 4.69) is 59.4 Å². The average molecular weight is 214 g/mol. The first-order valence-electron chi connectivity index (χ1n) is 5.90. The van der Waals surface area contributed by atoms with Crippen LogP contribution >= 0.6 is 0 Å². The Bertz CT molecular complexity index is 434. The molecule has 0 radical (unpaired) electrons. The van der Waals surface area contributed by atoms with Crippen LogP contribution in [0.25, 0.3) is 5.57 Å². The highest BCUT2D eigenvalue weighted by Gasteiger charge is 2.05. The first-order chi connectivity index (χ1) is 7.47. The molecule has 0 heteroatoms. The lowest BCUT2D eigenvalue weighted by Crippen LogP contribution is -1.93. The molecule has 0 bridgehead atoms. The fourth-order valence-corrected chi connectivity index (χ4v) is 1.78. The van der Waals surface area contributed by atoms with Crippen LogP contribution in [0.3, 0.4) is 0 Å². The Morgan fingerprint density at radius 3 is 2.38 bits per heavy atom. The average Bonchev–Trinajstić information content (AvgIpc) is 2.25. The van der Waals surface area contributed by atoms with E-state index in [9.17, 15) is 0 Å². The van der Waals surface area contributed by atoms with Crippen LogP contribution in [-0.4, -0.2) is 0 Å². The SMILES string of the molecule is C=C(/C=C(\C)CC)c1ccc(C)c(C)c1C. The molecule has 0 saturated heterocycles. The molecule has 0 N–H and O–H groups in total. The van der Waals surface area contributed by atoms with E-state index in [4.69, 9.17) is 0 Å². The second-order valence-electron chi connectivity index (χ2n) is 4.55. The van der Waals surface area contributed by atoms with E-state index in [-0.39, 0.29) is 0 Å². The van der Waals surface area contributed by atoms with Crippen LogP contribution in [-0.2, 0) is 0 Å². The summed E-state index contributed by atoms with van der Waals surface area (Å²) in [6.45, 7) is 15.0. The molecule has 0 saturated carbocycles. The van der Waals surface area contributed by atoms with Crippen LogP contribution in [0.2, 0.25) is 0 Å². The van der Waals surface area contributed by atoms with Crippen LogP contribution in [0.1, 0.15) is 42.5 Å². The van der Waals surface area contributed by atoms with Crippen LogP contribution in [0.5, 0.6) is 0 Å². The number of benzene rings is 1. The third-order valence-corrected chi connectivity index (χ3v) is 3.38. The summed E-state index contributed by atoms with van der Waals surface area (Å²) >= 11 is 0. The van der Waals surface area contributed by atoms with E-state index in [0.29, 0.717) is 0 Å². The second-order valence-corrected chi connectivity index (χ2v) is 4.55. The van der Waals surface area contributed by atoms with E-state index in [1.807, 2.05) is 0 Å². The summed E-state index contributed by atoms with van der Waals surface area (Å²) in [6.07, 6.45) is 3.28. The third kappa shape index (κ3) is 2.63. The van der Waals surface area contributed by atoms with Crippen molar-refractivity contribution >= 4 is 5.57 Å². The molecule has 0 aliphatic carbocycles. The summed E-state index contributed by atoms with van der Waals surface area (Å²) in [6, 6.07) is 4.36. The predicted octanol–water partition coefficient (Wildman–Crippen LogP) is 4.98. The van der Waals surface area contributed by atoms with Crippen molar-refractivity contribution in [3.05, 3.63) is 52.6 Å². The Morgan fingerprint density at radius 1 is 1.19 bits per heavy atom. The van der Waals surface area contributed by atoms with Gasteiger partial charge in [0.05, 0.1) is 0 Å². The van der Waals surface area contributed by atoms with Gasteiger partial charge in [0.25, 0.3) is 0 Å².